The standard InChI is InChI=1S/C9H20N2OS/c1-4-8(5-9(10)13)11(3)7(2)6-12/h7-8,12H,4-6H2,1-3H3,(H2,10,13). The highest BCUT2D eigenvalue weighted by atomic mass is 32.1. The molecule has 0 aromatic rings. The van der Waals surface area contributed by atoms with Crippen molar-refractivity contribution in [3.05, 3.63) is 0 Å². The Morgan fingerprint density at radius 1 is 1.62 bits per heavy atom. The van der Waals surface area contributed by atoms with E-state index in [1.54, 1.807) is 0 Å². The first kappa shape index (κ1) is 12.8. The van der Waals surface area contributed by atoms with Gasteiger partial charge < -0.3 is 10.8 Å². The van der Waals surface area contributed by atoms with Gasteiger partial charge in [-0.25, -0.2) is 0 Å². The molecule has 0 saturated heterocycles. The topological polar surface area (TPSA) is 49.5 Å². The normalized spacial score (nSPS) is 15.8. The van der Waals surface area contributed by atoms with Gasteiger partial charge in [-0.05, 0) is 20.4 Å². The summed E-state index contributed by atoms with van der Waals surface area (Å²) in [5, 5.41) is 8.98. The Morgan fingerprint density at radius 2 is 2.15 bits per heavy atom. The lowest BCUT2D eigenvalue weighted by Crippen LogP contribution is -2.42. The number of hydrogen-bond acceptors (Lipinski definition) is 3. The van der Waals surface area contributed by atoms with Gasteiger partial charge in [0.1, 0.15) is 0 Å². The van der Waals surface area contributed by atoms with Crippen molar-refractivity contribution in [3.8, 4) is 0 Å². The van der Waals surface area contributed by atoms with E-state index in [2.05, 4.69) is 11.8 Å². The quantitative estimate of drug-likeness (QED) is 0.627. The van der Waals surface area contributed by atoms with E-state index >= 15 is 0 Å². The summed E-state index contributed by atoms with van der Waals surface area (Å²) in [6, 6.07) is 0.513. The van der Waals surface area contributed by atoms with Crippen LogP contribution in [0.15, 0.2) is 0 Å². The Kier molecular flexibility index (Phi) is 6.20. The number of aliphatic hydroxyl groups is 1. The van der Waals surface area contributed by atoms with E-state index in [-0.39, 0.29) is 12.6 Å². The summed E-state index contributed by atoms with van der Waals surface area (Å²) in [6.07, 6.45) is 1.73. The number of nitrogens with zero attached hydrogens (tertiary/aromatic N) is 1. The van der Waals surface area contributed by atoms with Gasteiger partial charge in [0, 0.05) is 18.5 Å². The van der Waals surface area contributed by atoms with Crippen molar-refractivity contribution in [1.82, 2.24) is 4.90 Å². The highest BCUT2D eigenvalue weighted by Gasteiger charge is 2.17. The minimum absolute atomic E-state index is 0.166. The van der Waals surface area contributed by atoms with Gasteiger partial charge in [0.05, 0.1) is 11.6 Å². The minimum Gasteiger partial charge on any atom is -0.395 e. The van der Waals surface area contributed by atoms with Crippen molar-refractivity contribution in [2.45, 2.75) is 38.8 Å². The smallest absolute Gasteiger partial charge is 0.0743 e. The first-order valence-electron chi connectivity index (χ1n) is 4.64. The monoisotopic (exact) mass is 204 g/mol. The maximum absolute atomic E-state index is 8.98. The lowest BCUT2D eigenvalue weighted by atomic mass is 10.1. The second kappa shape index (κ2) is 6.29. The van der Waals surface area contributed by atoms with Crippen LogP contribution in [0.4, 0.5) is 0 Å². The first-order valence-corrected chi connectivity index (χ1v) is 5.04. The molecule has 0 aliphatic heterocycles. The fraction of sp³-hybridized carbons (Fsp3) is 0.889. The Balaban J connectivity index is 4.13. The molecule has 13 heavy (non-hydrogen) atoms. The van der Waals surface area contributed by atoms with Gasteiger partial charge in [-0.2, -0.15) is 0 Å². The predicted molar refractivity (Wildman–Crippen MR) is 59.8 cm³/mol. The van der Waals surface area contributed by atoms with Gasteiger partial charge in [-0.3, -0.25) is 4.90 Å². The van der Waals surface area contributed by atoms with Crippen LogP contribution in [-0.4, -0.2) is 40.7 Å². The van der Waals surface area contributed by atoms with Gasteiger partial charge in [0.25, 0.3) is 0 Å². The predicted octanol–water partition coefficient (Wildman–Crippen LogP) is 0.754. The van der Waals surface area contributed by atoms with Crippen molar-refractivity contribution < 1.29 is 5.11 Å². The molecular weight excluding hydrogens is 184 g/mol. The summed E-state index contributed by atoms with van der Waals surface area (Å²) >= 11 is 4.87. The van der Waals surface area contributed by atoms with E-state index in [1.165, 1.54) is 0 Å². The average Bonchev–Trinajstić information content (AvgIpc) is 2.11. The van der Waals surface area contributed by atoms with E-state index in [1.807, 2.05) is 14.0 Å². The van der Waals surface area contributed by atoms with Crippen molar-refractivity contribution in [1.29, 1.82) is 0 Å². The Hall–Kier alpha value is -0.190. The summed E-state index contributed by atoms with van der Waals surface area (Å²) in [5.41, 5.74) is 5.49. The summed E-state index contributed by atoms with van der Waals surface area (Å²) in [5.74, 6) is 0. The second-order valence-corrected chi connectivity index (χ2v) is 3.95. The molecule has 2 unspecified atom stereocenters. The molecule has 0 radical (unpaired) electrons. The van der Waals surface area contributed by atoms with Crippen LogP contribution in [0.2, 0.25) is 0 Å². The van der Waals surface area contributed by atoms with Crippen LogP contribution in [0.1, 0.15) is 26.7 Å². The van der Waals surface area contributed by atoms with Gasteiger partial charge in [0.15, 0.2) is 0 Å². The number of aliphatic hydroxyl groups excluding tert-OH is 1. The molecule has 0 spiro atoms. The summed E-state index contributed by atoms with van der Waals surface area (Å²) in [7, 11) is 1.99. The van der Waals surface area contributed by atoms with Gasteiger partial charge >= 0.3 is 0 Å². The molecular formula is C9H20N2OS. The maximum atomic E-state index is 8.98. The Bertz CT molecular complexity index is 164. The third-order valence-corrected chi connectivity index (χ3v) is 2.61. The van der Waals surface area contributed by atoms with Crippen LogP contribution in [-0.2, 0) is 0 Å². The molecule has 2 atom stereocenters. The van der Waals surface area contributed by atoms with Crippen LogP contribution in [0, 0.1) is 0 Å². The molecule has 0 heterocycles. The molecule has 0 saturated carbocycles. The molecule has 0 aromatic heterocycles. The van der Waals surface area contributed by atoms with Crippen LogP contribution in [0.25, 0.3) is 0 Å². The summed E-state index contributed by atoms with van der Waals surface area (Å²) < 4.78 is 0. The molecule has 3 N–H and O–H groups in total. The lowest BCUT2D eigenvalue weighted by Gasteiger charge is -2.31. The van der Waals surface area contributed by atoms with Gasteiger partial charge in [-0.1, -0.05) is 19.1 Å². The lowest BCUT2D eigenvalue weighted by molar-refractivity contribution is 0.120. The summed E-state index contributed by atoms with van der Waals surface area (Å²) in [6.45, 7) is 4.26. The number of hydrogen-bond donors (Lipinski definition) is 2. The number of thiocarbonyl (C=S) groups is 1. The maximum Gasteiger partial charge on any atom is 0.0743 e. The molecule has 0 aliphatic carbocycles. The number of rotatable bonds is 6. The first-order chi connectivity index (χ1) is 6.02. The molecule has 4 heteroatoms. The molecule has 0 amide bonds. The molecule has 0 fully saturated rings. The van der Waals surface area contributed by atoms with Gasteiger partial charge in [-0.15, -0.1) is 0 Å². The van der Waals surface area contributed by atoms with Crippen molar-refractivity contribution in [2.75, 3.05) is 13.7 Å². The Morgan fingerprint density at radius 3 is 2.46 bits per heavy atom. The van der Waals surface area contributed by atoms with E-state index in [9.17, 15) is 0 Å². The van der Waals surface area contributed by atoms with Crippen molar-refractivity contribution in [2.24, 2.45) is 5.73 Å². The van der Waals surface area contributed by atoms with Crippen molar-refractivity contribution >= 4 is 17.2 Å². The van der Waals surface area contributed by atoms with Crippen LogP contribution in [0.3, 0.4) is 0 Å². The highest BCUT2D eigenvalue weighted by Crippen LogP contribution is 2.10. The van der Waals surface area contributed by atoms with Crippen LogP contribution in [0.5, 0.6) is 0 Å². The van der Waals surface area contributed by atoms with Crippen LogP contribution < -0.4 is 5.73 Å². The van der Waals surface area contributed by atoms with Gasteiger partial charge in [0.2, 0.25) is 0 Å². The molecule has 3 nitrogen and oxygen atoms in total. The highest BCUT2D eigenvalue weighted by molar-refractivity contribution is 7.80. The average molecular weight is 204 g/mol. The molecule has 0 bridgehead atoms. The zero-order chi connectivity index (χ0) is 10.4. The SMILES string of the molecule is CCC(CC(N)=S)N(C)C(C)CO. The number of nitrogens with two attached hydrogens (primary N) is 1. The molecule has 0 rings (SSSR count). The van der Waals surface area contributed by atoms with E-state index in [0.717, 1.165) is 12.8 Å². The fourth-order valence-corrected chi connectivity index (χ4v) is 1.49. The van der Waals surface area contributed by atoms with Crippen molar-refractivity contribution in [3.63, 3.8) is 0 Å². The Labute approximate surface area is 85.9 Å². The third-order valence-electron chi connectivity index (χ3n) is 2.44. The second-order valence-electron chi connectivity index (χ2n) is 3.43. The van der Waals surface area contributed by atoms with E-state index in [4.69, 9.17) is 23.1 Å². The van der Waals surface area contributed by atoms with E-state index < -0.39 is 0 Å². The summed E-state index contributed by atoms with van der Waals surface area (Å²) in [4.78, 5) is 2.67. The largest absolute Gasteiger partial charge is 0.395 e. The molecule has 0 aromatic carbocycles. The van der Waals surface area contributed by atoms with Crippen LogP contribution >= 0.6 is 12.2 Å². The third kappa shape index (κ3) is 4.55. The van der Waals surface area contributed by atoms with E-state index in [0.29, 0.717) is 11.0 Å². The minimum atomic E-state index is 0.166. The molecule has 0 aliphatic rings. The zero-order valence-electron chi connectivity index (χ0n) is 8.66. The fourth-order valence-electron chi connectivity index (χ4n) is 1.30. The number of likely N-dealkylation sites (N-methyl/N-ethyl adjacent to an activating group) is 1. The molecule has 78 valence electrons. The zero-order valence-corrected chi connectivity index (χ0v) is 9.47.